The van der Waals surface area contributed by atoms with E-state index in [0.717, 1.165) is 18.9 Å². The molecule has 1 aromatic carbocycles. The standard InChI is InChI=1S/C11H10ClF3O2/c12-8-5-7(10(16)6-1-2-6)3-4-9(8)17-11(13,14)15/h3-6,10,16H,1-2H2. The minimum Gasteiger partial charge on any atom is -0.404 e. The molecule has 6 heteroatoms. The summed E-state index contributed by atoms with van der Waals surface area (Å²) in [6, 6.07) is 3.83. The van der Waals surface area contributed by atoms with Gasteiger partial charge in [0.15, 0.2) is 0 Å². The van der Waals surface area contributed by atoms with Gasteiger partial charge >= 0.3 is 6.36 Å². The number of halogens is 4. The zero-order valence-electron chi connectivity index (χ0n) is 8.67. The summed E-state index contributed by atoms with van der Waals surface area (Å²) < 4.78 is 39.7. The molecule has 0 amide bonds. The van der Waals surface area contributed by atoms with Gasteiger partial charge in [-0.05, 0) is 36.5 Å². The molecule has 94 valence electrons. The third-order valence-electron chi connectivity index (χ3n) is 2.59. The Bertz CT molecular complexity index is 416. The molecule has 1 atom stereocenters. The Hall–Kier alpha value is -0.940. The van der Waals surface area contributed by atoms with E-state index in [2.05, 4.69) is 4.74 Å². The SMILES string of the molecule is OC(c1ccc(OC(F)(F)F)c(Cl)c1)C1CC1. The molecule has 0 bridgehead atoms. The van der Waals surface area contributed by atoms with Gasteiger partial charge in [-0.3, -0.25) is 0 Å². The van der Waals surface area contributed by atoms with Crippen LogP contribution in [0, 0.1) is 5.92 Å². The van der Waals surface area contributed by atoms with Gasteiger partial charge in [0.25, 0.3) is 0 Å². The molecule has 1 aliphatic rings. The molecule has 2 rings (SSSR count). The number of ether oxygens (including phenoxy) is 1. The predicted octanol–water partition coefficient (Wildman–Crippen LogP) is 3.68. The zero-order valence-corrected chi connectivity index (χ0v) is 9.42. The van der Waals surface area contributed by atoms with Crippen LogP contribution in [0.2, 0.25) is 5.02 Å². The Morgan fingerprint density at radius 2 is 2.00 bits per heavy atom. The van der Waals surface area contributed by atoms with E-state index in [9.17, 15) is 18.3 Å². The summed E-state index contributed by atoms with van der Waals surface area (Å²) in [5.41, 5.74) is 0.520. The lowest BCUT2D eigenvalue weighted by atomic mass is 10.1. The highest BCUT2D eigenvalue weighted by Crippen LogP contribution is 2.42. The van der Waals surface area contributed by atoms with Crippen molar-refractivity contribution in [2.75, 3.05) is 0 Å². The molecule has 1 unspecified atom stereocenters. The van der Waals surface area contributed by atoms with Crippen LogP contribution in [0.1, 0.15) is 24.5 Å². The lowest BCUT2D eigenvalue weighted by Crippen LogP contribution is -2.17. The molecule has 1 saturated carbocycles. The summed E-state index contributed by atoms with van der Waals surface area (Å²) in [5, 5.41) is 9.63. The van der Waals surface area contributed by atoms with Crippen molar-refractivity contribution in [2.24, 2.45) is 5.92 Å². The topological polar surface area (TPSA) is 29.5 Å². The van der Waals surface area contributed by atoms with E-state index in [0.29, 0.717) is 5.56 Å². The molecule has 0 aliphatic heterocycles. The normalized spacial score (nSPS) is 17.9. The molecule has 0 radical (unpaired) electrons. The smallest absolute Gasteiger partial charge is 0.404 e. The minimum absolute atomic E-state index is 0.153. The van der Waals surface area contributed by atoms with Gasteiger partial charge in [0.1, 0.15) is 5.75 Å². The molecule has 1 aromatic rings. The predicted molar refractivity (Wildman–Crippen MR) is 55.8 cm³/mol. The van der Waals surface area contributed by atoms with Crippen LogP contribution in [0.15, 0.2) is 18.2 Å². The molecule has 0 spiro atoms. The van der Waals surface area contributed by atoms with Crippen molar-refractivity contribution in [3.8, 4) is 5.75 Å². The van der Waals surface area contributed by atoms with E-state index in [4.69, 9.17) is 11.6 Å². The van der Waals surface area contributed by atoms with Gasteiger partial charge in [-0.15, -0.1) is 13.2 Å². The summed E-state index contributed by atoms with van der Waals surface area (Å²) in [6.07, 6.45) is -3.56. The molecule has 0 heterocycles. The first-order valence-corrected chi connectivity index (χ1v) is 5.48. The Balaban J connectivity index is 2.16. The minimum atomic E-state index is -4.76. The molecular weight excluding hydrogens is 257 g/mol. The lowest BCUT2D eigenvalue weighted by molar-refractivity contribution is -0.274. The van der Waals surface area contributed by atoms with Crippen molar-refractivity contribution in [2.45, 2.75) is 25.3 Å². The summed E-state index contributed by atoms with van der Waals surface area (Å²) >= 11 is 5.67. The maximum Gasteiger partial charge on any atom is 0.573 e. The second kappa shape index (κ2) is 4.38. The van der Waals surface area contributed by atoms with Crippen LogP contribution in [0.25, 0.3) is 0 Å². The van der Waals surface area contributed by atoms with Crippen molar-refractivity contribution >= 4 is 11.6 Å². The van der Waals surface area contributed by atoms with Gasteiger partial charge in [0.2, 0.25) is 0 Å². The van der Waals surface area contributed by atoms with Crippen molar-refractivity contribution in [3.63, 3.8) is 0 Å². The average molecular weight is 267 g/mol. The largest absolute Gasteiger partial charge is 0.573 e. The fourth-order valence-electron chi connectivity index (χ4n) is 1.59. The second-order valence-electron chi connectivity index (χ2n) is 4.02. The molecule has 1 aliphatic carbocycles. The Labute approximate surface area is 101 Å². The van der Waals surface area contributed by atoms with E-state index >= 15 is 0 Å². The number of hydrogen-bond donors (Lipinski definition) is 1. The molecule has 1 fully saturated rings. The number of aliphatic hydroxyl groups is 1. The van der Waals surface area contributed by atoms with E-state index in [-0.39, 0.29) is 10.9 Å². The van der Waals surface area contributed by atoms with Crippen LogP contribution in [0.4, 0.5) is 13.2 Å². The van der Waals surface area contributed by atoms with E-state index in [1.54, 1.807) is 0 Å². The Kier molecular flexibility index (Phi) is 3.23. The molecular formula is C11H10ClF3O2. The van der Waals surface area contributed by atoms with Crippen molar-refractivity contribution in [1.29, 1.82) is 0 Å². The highest BCUT2D eigenvalue weighted by molar-refractivity contribution is 6.32. The first-order valence-electron chi connectivity index (χ1n) is 5.10. The fourth-order valence-corrected chi connectivity index (χ4v) is 1.82. The van der Waals surface area contributed by atoms with Crippen LogP contribution < -0.4 is 4.74 Å². The van der Waals surface area contributed by atoms with Crippen LogP contribution in [0.3, 0.4) is 0 Å². The van der Waals surface area contributed by atoms with Crippen molar-refractivity contribution in [1.82, 2.24) is 0 Å². The third-order valence-corrected chi connectivity index (χ3v) is 2.89. The van der Waals surface area contributed by atoms with Crippen molar-refractivity contribution in [3.05, 3.63) is 28.8 Å². The first-order chi connectivity index (χ1) is 7.87. The summed E-state index contributed by atoms with van der Waals surface area (Å²) in [5.74, 6) is -0.258. The molecule has 17 heavy (non-hydrogen) atoms. The van der Waals surface area contributed by atoms with Crippen LogP contribution >= 0.6 is 11.6 Å². The number of rotatable bonds is 3. The monoisotopic (exact) mass is 266 g/mol. The van der Waals surface area contributed by atoms with Gasteiger partial charge in [-0.1, -0.05) is 17.7 Å². The quantitative estimate of drug-likeness (QED) is 0.904. The lowest BCUT2D eigenvalue weighted by Gasteiger charge is -2.13. The van der Waals surface area contributed by atoms with E-state index in [1.807, 2.05) is 0 Å². The summed E-state index contributed by atoms with van der Waals surface area (Å²) in [6.45, 7) is 0. The maximum absolute atomic E-state index is 12.0. The van der Waals surface area contributed by atoms with E-state index in [1.165, 1.54) is 12.1 Å². The second-order valence-corrected chi connectivity index (χ2v) is 4.43. The number of aliphatic hydroxyl groups excluding tert-OH is 1. The van der Waals surface area contributed by atoms with Crippen molar-refractivity contribution < 1.29 is 23.0 Å². The highest BCUT2D eigenvalue weighted by atomic mass is 35.5. The van der Waals surface area contributed by atoms with Gasteiger partial charge in [0, 0.05) is 0 Å². The maximum atomic E-state index is 12.0. The van der Waals surface area contributed by atoms with E-state index < -0.39 is 18.2 Å². The fraction of sp³-hybridized carbons (Fsp3) is 0.455. The Morgan fingerprint density at radius 3 is 2.47 bits per heavy atom. The molecule has 0 aromatic heterocycles. The Morgan fingerprint density at radius 1 is 1.35 bits per heavy atom. The van der Waals surface area contributed by atoms with Crippen LogP contribution in [0.5, 0.6) is 5.75 Å². The van der Waals surface area contributed by atoms with Gasteiger partial charge in [-0.25, -0.2) is 0 Å². The number of alkyl halides is 3. The highest BCUT2D eigenvalue weighted by Gasteiger charge is 2.33. The van der Waals surface area contributed by atoms with Crippen LogP contribution in [-0.4, -0.2) is 11.5 Å². The first kappa shape index (κ1) is 12.5. The van der Waals surface area contributed by atoms with Gasteiger partial charge < -0.3 is 9.84 Å². The van der Waals surface area contributed by atoms with Crippen LogP contribution in [-0.2, 0) is 0 Å². The number of hydrogen-bond acceptors (Lipinski definition) is 2. The average Bonchev–Trinajstić information content (AvgIpc) is 3.01. The summed E-state index contributed by atoms with van der Waals surface area (Å²) in [7, 11) is 0. The number of benzene rings is 1. The zero-order chi connectivity index (χ0) is 12.6. The molecule has 1 N–H and O–H groups in total. The summed E-state index contributed by atoms with van der Waals surface area (Å²) in [4.78, 5) is 0. The molecule has 0 saturated heterocycles. The molecule has 2 nitrogen and oxygen atoms in total. The van der Waals surface area contributed by atoms with Gasteiger partial charge in [0.05, 0.1) is 11.1 Å². The third kappa shape index (κ3) is 3.26. The van der Waals surface area contributed by atoms with Gasteiger partial charge in [-0.2, -0.15) is 0 Å².